The van der Waals surface area contributed by atoms with Gasteiger partial charge < -0.3 is 10.6 Å². The van der Waals surface area contributed by atoms with Gasteiger partial charge in [0.25, 0.3) is 0 Å². The Kier molecular flexibility index (Phi) is 2.19. The quantitative estimate of drug-likeness (QED) is 0.731. The number of hydrogen-bond donors (Lipinski definition) is 1. The average molecular weight is 204 g/mol. The summed E-state index contributed by atoms with van der Waals surface area (Å²) in [7, 11) is 0. The monoisotopic (exact) mass is 204 g/mol. The van der Waals surface area contributed by atoms with Crippen LogP contribution < -0.4 is 10.6 Å². The molecule has 1 aliphatic rings. The summed E-state index contributed by atoms with van der Waals surface area (Å²) in [6.45, 7) is 2.21. The van der Waals surface area contributed by atoms with Crippen molar-refractivity contribution in [2.24, 2.45) is 5.73 Å². The summed E-state index contributed by atoms with van der Waals surface area (Å²) in [5, 5.41) is 0. The van der Waals surface area contributed by atoms with E-state index in [1.54, 1.807) is 17.0 Å². The fourth-order valence-electron chi connectivity index (χ4n) is 1.86. The Labute approximate surface area is 87.7 Å². The Morgan fingerprint density at radius 2 is 2.13 bits per heavy atom. The second-order valence-corrected chi connectivity index (χ2v) is 3.63. The first-order chi connectivity index (χ1) is 7.09. The predicted molar refractivity (Wildman–Crippen MR) is 56.7 cm³/mol. The summed E-state index contributed by atoms with van der Waals surface area (Å²) in [4.78, 5) is 24.0. The Bertz CT molecular complexity index is 440. The molecule has 0 saturated carbocycles. The van der Waals surface area contributed by atoms with Crippen LogP contribution in [0, 0.1) is 0 Å². The zero-order valence-corrected chi connectivity index (χ0v) is 8.49. The molecule has 0 aromatic heterocycles. The molecule has 0 saturated heterocycles. The normalized spacial score (nSPS) is 13.8. The minimum atomic E-state index is -0.465. The standard InChI is InChI=1S/C11H12N2O2/c1-7(14)13-5-4-8-2-3-9(11(12)15)6-10(8)13/h2-3,6H,4-5H2,1H3,(H2,12,15). The van der Waals surface area contributed by atoms with Crippen LogP contribution in [0.25, 0.3) is 0 Å². The number of primary amides is 1. The molecule has 2 amide bonds. The molecule has 1 aliphatic heterocycles. The van der Waals surface area contributed by atoms with Crippen LogP contribution in [0.4, 0.5) is 5.69 Å². The zero-order chi connectivity index (χ0) is 11.0. The molecule has 0 fully saturated rings. The third-order valence-corrected chi connectivity index (χ3v) is 2.65. The summed E-state index contributed by atoms with van der Waals surface area (Å²) in [5.41, 5.74) is 7.54. The first-order valence-electron chi connectivity index (χ1n) is 4.80. The largest absolute Gasteiger partial charge is 0.366 e. The fraction of sp³-hybridized carbons (Fsp3) is 0.273. The Morgan fingerprint density at radius 1 is 1.40 bits per heavy atom. The molecule has 1 aromatic rings. The van der Waals surface area contributed by atoms with Crippen LogP contribution in [0.3, 0.4) is 0 Å². The van der Waals surface area contributed by atoms with Gasteiger partial charge in [-0.2, -0.15) is 0 Å². The number of benzene rings is 1. The molecule has 15 heavy (non-hydrogen) atoms. The van der Waals surface area contributed by atoms with Crippen molar-refractivity contribution in [3.05, 3.63) is 29.3 Å². The second kappa shape index (κ2) is 3.38. The van der Waals surface area contributed by atoms with E-state index in [-0.39, 0.29) is 5.91 Å². The molecule has 0 bridgehead atoms. The summed E-state index contributed by atoms with van der Waals surface area (Å²) in [5.74, 6) is -0.469. The van der Waals surface area contributed by atoms with Gasteiger partial charge in [0, 0.05) is 24.7 Å². The van der Waals surface area contributed by atoms with Crippen LogP contribution in [-0.4, -0.2) is 18.4 Å². The number of nitrogens with two attached hydrogens (primary N) is 1. The maximum absolute atomic E-state index is 11.3. The highest BCUT2D eigenvalue weighted by molar-refractivity contribution is 5.98. The topological polar surface area (TPSA) is 63.4 Å². The highest BCUT2D eigenvalue weighted by Crippen LogP contribution is 2.28. The molecule has 78 valence electrons. The summed E-state index contributed by atoms with van der Waals surface area (Å²) < 4.78 is 0. The lowest BCUT2D eigenvalue weighted by Gasteiger charge is -2.14. The van der Waals surface area contributed by atoms with E-state index in [0.29, 0.717) is 12.1 Å². The van der Waals surface area contributed by atoms with E-state index in [1.165, 1.54) is 6.92 Å². The molecule has 1 heterocycles. The van der Waals surface area contributed by atoms with E-state index in [1.807, 2.05) is 6.07 Å². The van der Waals surface area contributed by atoms with Crippen molar-refractivity contribution in [3.63, 3.8) is 0 Å². The molecule has 1 aromatic carbocycles. The maximum atomic E-state index is 11.3. The van der Waals surface area contributed by atoms with Gasteiger partial charge in [-0.25, -0.2) is 0 Å². The average Bonchev–Trinajstić information content (AvgIpc) is 2.59. The molecule has 0 unspecified atom stereocenters. The molecule has 0 spiro atoms. The minimum absolute atomic E-state index is 0.00429. The third kappa shape index (κ3) is 1.58. The molecular formula is C11H12N2O2. The molecule has 0 aliphatic carbocycles. The van der Waals surface area contributed by atoms with Gasteiger partial charge in [0.05, 0.1) is 0 Å². The highest BCUT2D eigenvalue weighted by atomic mass is 16.2. The van der Waals surface area contributed by atoms with Crippen molar-refractivity contribution in [3.8, 4) is 0 Å². The number of anilines is 1. The van der Waals surface area contributed by atoms with Gasteiger partial charge in [-0.1, -0.05) is 6.07 Å². The highest BCUT2D eigenvalue weighted by Gasteiger charge is 2.22. The Balaban J connectivity index is 2.46. The van der Waals surface area contributed by atoms with Gasteiger partial charge in [-0.15, -0.1) is 0 Å². The van der Waals surface area contributed by atoms with E-state index in [2.05, 4.69) is 0 Å². The number of fused-ring (bicyclic) bond motifs is 1. The Morgan fingerprint density at radius 3 is 2.73 bits per heavy atom. The van der Waals surface area contributed by atoms with Crippen LogP contribution in [0.15, 0.2) is 18.2 Å². The first-order valence-corrected chi connectivity index (χ1v) is 4.80. The van der Waals surface area contributed by atoms with E-state index in [0.717, 1.165) is 17.7 Å². The molecule has 2 rings (SSSR count). The number of carbonyl (C=O) groups excluding carboxylic acids is 2. The lowest BCUT2D eigenvalue weighted by atomic mass is 10.1. The van der Waals surface area contributed by atoms with Crippen LogP contribution in [0.2, 0.25) is 0 Å². The van der Waals surface area contributed by atoms with Gasteiger partial charge in [0.15, 0.2) is 0 Å². The van der Waals surface area contributed by atoms with Gasteiger partial charge in [-0.3, -0.25) is 9.59 Å². The lowest BCUT2D eigenvalue weighted by molar-refractivity contribution is -0.116. The molecule has 4 nitrogen and oxygen atoms in total. The van der Waals surface area contributed by atoms with Crippen molar-refractivity contribution in [1.82, 2.24) is 0 Å². The van der Waals surface area contributed by atoms with Crippen molar-refractivity contribution in [2.75, 3.05) is 11.4 Å². The van der Waals surface area contributed by atoms with E-state index >= 15 is 0 Å². The van der Waals surface area contributed by atoms with E-state index < -0.39 is 5.91 Å². The van der Waals surface area contributed by atoms with Gasteiger partial charge >= 0.3 is 0 Å². The van der Waals surface area contributed by atoms with Crippen molar-refractivity contribution in [1.29, 1.82) is 0 Å². The maximum Gasteiger partial charge on any atom is 0.248 e. The predicted octanol–water partition coefficient (Wildman–Crippen LogP) is 0.695. The molecular weight excluding hydrogens is 192 g/mol. The molecule has 0 atom stereocenters. The van der Waals surface area contributed by atoms with E-state index in [9.17, 15) is 9.59 Å². The Hall–Kier alpha value is -1.84. The van der Waals surface area contributed by atoms with Gasteiger partial charge in [0.2, 0.25) is 11.8 Å². The van der Waals surface area contributed by atoms with Crippen molar-refractivity contribution in [2.45, 2.75) is 13.3 Å². The van der Waals surface area contributed by atoms with Crippen molar-refractivity contribution >= 4 is 17.5 Å². The third-order valence-electron chi connectivity index (χ3n) is 2.65. The summed E-state index contributed by atoms with van der Waals surface area (Å²) in [6, 6.07) is 5.25. The SMILES string of the molecule is CC(=O)N1CCc2ccc(C(N)=O)cc21. The molecule has 4 heteroatoms. The summed E-state index contributed by atoms with van der Waals surface area (Å²) in [6.07, 6.45) is 0.841. The smallest absolute Gasteiger partial charge is 0.248 e. The number of amides is 2. The van der Waals surface area contributed by atoms with E-state index in [4.69, 9.17) is 5.73 Å². The molecule has 2 N–H and O–H groups in total. The van der Waals surface area contributed by atoms with Crippen LogP contribution in [0.5, 0.6) is 0 Å². The summed E-state index contributed by atoms with van der Waals surface area (Å²) >= 11 is 0. The minimum Gasteiger partial charge on any atom is -0.366 e. The second-order valence-electron chi connectivity index (χ2n) is 3.63. The number of nitrogens with zero attached hydrogens (tertiary/aromatic N) is 1. The van der Waals surface area contributed by atoms with Crippen LogP contribution in [0.1, 0.15) is 22.8 Å². The van der Waals surface area contributed by atoms with Crippen LogP contribution >= 0.6 is 0 Å². The zero-order valence-electron chi connectivity index (χ0n) is 8.49. The van der Waals surface area contributed by atoms with Gasteiger partial charge in [-0.05, 0) is 24.1 Å². The van der Waals surface area contributed by atoms with Gasteiger partial charge in [0.1, 0.15) is 0 Å². The fourth-order valence-corrected chi connectivity index (χ4v) is 1.86. The number of carbonyl (C=O) groups is 2. The number of hydrogen-bond acceptors (Lipinski definition) is 2. The number of rotatable bonds is 1. The van der Waals surface area contributed by atoms with Crippen LogP contribution in [-0.2, 0) is 11.2 Å². The first kappa shape index (κ1) is 9.71. The van der Waals surface area contributed by atoms with Crippen molar-refractivity contribution < 1.29 is 9.59 Å². The molecule has 0 radical (unpaired) electrons. The lowest BCUT2D eigenvalue weighted by Crippen LogP contribution is -2.26.